The molecule has 1 heterocycles. The quantitative estimate of drug-likeness (QED) is 0.539. The molecule has 0 saturated carbocycles. The van der Waals surface area contributed by atoms with Gasteiger partial charge in [0.2, 0.25) is 0 Å². The second kappa shape index (κ2) is 4.39. The van der Waals surface area contributed by atoms with E-state index in [-0.39, 0.29) is 12.7 Å². The van der Waals surface area contributed by atoms with Crippen molar-refractivity contribution in [3.8, 4) is 0 Å². The van der Waals surface area contributed by atoms with Crippen molar-refractivity contribution >= 4 is 5.97 Å². The topological polar surface area (TPSA) is 70.8 Å². The molecule has 0 spiro atoms. The molecule has 5 heteroatoms. The van der Waals surface area contributed by atoms with Crippen molar-refractivity contribution in [1.82, 2.24) is 0 Å². The Balaban J connectivity index is 2.30. The molecule has 0 aromatic carbocycles. The molecule has 12 heavy (non-hydrogen) atoms. The Bertz CT molecular complexity index is 153. The zero-order valence-electron chi connectivity index (χ0n) is 6.99. The van der Waals surface area contributed by atoms with E-state index >= 15 is 0 Å². The summed E-state index contributed by atoms with van der Waals surface area (Å²) in [6.45, 7) is 0.999. The van der Waals surface area contributed by atoms with Gasteiger partial charge in [0.1, 0.15) is 0 Å². The zero-order chi connectivity index (χ0) is 8.97. The van der Waals surface area contributed by atoms with Gasteiger partial charge in [-0.05, 0) is 0 Å². The fraction of sp³-hybridized carbons (Fsp3) is 0.857. The number of rotatable bonds is 2. The summed E-state index contributed by atoms with van der Waals surface area (Å²) in [5.74, 6) is -0.398. The van der Waals surface area contributed by atoms with Crippen LogP contribution in [0.4, 0.5) is 0 Å². The van der Waals surface area contributed by atoms with Crippen LogP contribution in [-0.2, 0) is 19.0 Å². The van der Waals surface area contributed by atoms with Crippen LogP contribution in [0.2, 0.25) is 0 Å². The van der Waals surface area contributed by atoms with Gasteiger partial charge in [-0.1, -0.05) is 0 Å². The molecule has 0 aromatic rings. The maximum Gasteiger partial charge on any atom is 0.337 e. The molecule has 0 aromatic heterocycles. The van der Waals surface area contributed by atoms with Gasteiger partial charge < -0.3 is 19.9 Å². The lowest BCUT2D eigenvalue weighted by molar-refractivity contribution is -0.177. The van der Waals surface area contributed by atoms with Crippen molar-refractivity contribution in [1.29, 1.82) is 0 Å². The molecule has 70 valence electrons. The molecule has 0 bridgehead atoms. The number of hydrogen-bond acceptors (Lipinski definition) is 5. The monoisotopic (exact) mass is 175 g/mol. The minimum Gasteiger partial charge on any atom is -0.467 e. The van der Waals surface area contributed by atoms with Gasteiger partial charge in [-0.15, -0.1) is 0 Å². The van der Waals surface area contributed by atoms with E-state index in [1.54, 1.807) is 0 Å². The van der Waals surface area contributed by atoms with E-state index in [1.807, 2.05) is 0 Å². The lowest BCUT2D eigenvalue weighted by Gasteiger charge is -2.26. The molecule has 2 atom stereocenters. The van der Waals surface area contributed by atoms with Crippen LogP contribution in [0.15, 0.2) is 0 Å². The first-order valence-electron chi connectivity index (χ1n) is 3.79. The van der Waals surface area contributed by atoms with E-state index in [0.29, 0.717) is 13.2 Å². The highest BCUT2D eigenvalue weighted by atomic mass is 16.6. The van der Waals surface area contributed by atoms with E-state index in [9.17, 15) is 4.79 Å². The summed E-state index contributed by atoms with van der Waals surface area (Å²) in [4.78, 5) is 10.9. The number of ether oxygens (including phenoxy) is 3. The third kappa shape index (κ3) is 2.17. The molecular formula is C7H13NO4. The summed E-state index contributed by atoms with van der Waals surface area (Å²) in [7, 11) is 1.32. The molecule has 1 aliphatic rings. The predicted molar refractivity (Wildman–Crippen MR) is 40.6 cm³/mol. The van der Waals surface area contributed by atoms with Crippen molar-refractivity contribution in [3.63, 3.8) is 0 Å². The van der Waals surface area contributed by atoms with Crippen LogP contribution in [-0.4, -0.2) is 45.0 Å². The lowest BCUT2D eigenvalue weighted by atomic mass is 10.3. The first kappa shape index (κ1) is 9.44. The van der Waals surface area contributed by atoms with Crippen LogP contribution in [0.1, 0.15) is 0 Å². The molecule has 1 rings (SSSR count). The first-order chi connectivity index (χ1) is 5.77. The van der Waals surface area contributed by atoms with Crippen molar-refractivity contribution < 1.29 is 19.0 Å². The lowest BCUT2D eigenvalue weighted by Crippen LogP contribution is -2.43. The molecular weight excluding hydrogens is 162 g/mol. The number of methoxy groups -OCH3 is 1. The third-order valence-corrected chi connectivity index (χ3v) is 1.69. The molecule has 5 nitrogen and oxygen atoms in total. The van der Waals surface area contributed by atoms with E-state index < -0.39 is 12.1 Å². The highest BCUT2D eigenvalue weighted by Crippen LogP contribution is 2.07. The van der Waals surface area contributed by atoms with E-state index in [4.69, 9.17) is 15.2 Å². The Morgan fingerprint density at radius 2 is 2.33 bits per heavy atom. The fourth-order valence-electron chi connectivity index (χ4n) is 0.947. The average Bonchev–Trinajstić information content (AvgIpc) is 2.17. The second-order valence-corrected chi connectivity index (χ2v) is 2.54. The summed E-state index contributed by atoms with van der Waals surface area (Å²) < 4.78 is 14.8. The Labute approximate surface area is 70.8 Å². The van der Waals surface area contributed by atoms with Crippen LogP contribution >= 0.6 is 0 Å². The van der Waals surface area contributed by atoms with Gasteiger partial charge in [-0.2, -0.15) is 0 Å². The van der Waals surface area contributed by atoms with E-state index in [1.165, 1.54) is 7.11 Å². The minimum absolute atomic E-state index is 0.0918. The highest BCUT2D eigenvalue weighted by molar-refractivity contribution is 5.74. The molecule has 1 saturated heterocycles. The maximum absolute atomic E-state index is 10.9. The number of carbonyl (C=O) groups excluding carboxylic acids is 1. The maximum atomic E-state index is 10.9. The Kier molecular flexibility index (Phi) is 3.46. The molecule has 0 unspecified atom stereocenters. The SMILES string of the molecule is COC(=O)[C@@H]1CO[C@@H](CN)CO1. The van der Waals surface area contributed by atoms with Crippen molar-refractivity contribution in [2.45, 2.75) is 12.2 Å². The molecule has 0 radical (unpaired) electrons. The average molecular weight is 175 g/mol. The largest absolute Gasteiger partial charge is 0.467 e. The predicted octanol–water partition coefficient (Wildman–Crippen LogP) is -1.10. The smallest absolute Gasteiger partial charge is 0.337 e. The summed E-state index contributed by atoms with van der Waals surface area (Å²) in [5.41, 5.74) is 5.34. The Hall–Kier alpha value is -0.650. The number of nitrogens with two attached hydrogens (primary N) is 1. The normalized spacial score (nSPS) is 29.8. The zero-order valence-corrected chi connectivity index (χ0v) is 6.99. The molecule has 1 fully saturated rings. The van der Waals surface area contributed by atoms with Crippen molar-refractivity contribution in [2.75, 3.05) is 26.9 Å². The van der Waals surface area contributed by atoms with Gasteiger partial charge in [0.05, 0.1) is 26.4 Å². The molecule has 2 N–H and O–H groups in total. The second-order valence-electron chi connectivity index (χ2n) is 2.54. The van der Waals surface area contributed by atoms with Crippen molar-refractivity contribution in [3.05, 3.63) is 0 Å². The number of esters is 1. The van der Waals surface area contributed by atoms with E-state index in [0.717, 1.165) is 0 Å². The summed E-state index contributed by atoms with van der Waals surface area (Å²) in [6, 6.07) is 0. The highest BCUT2D eigenvalue weighted by Gasteiger charge is 2.27. The van der Waals surface area contributed by atoms with Crippen LogP contribution < -0.4 is 5.73 Å². The van der Waals surface area contributed by atoms with Gasteiger partial charge in [0.15, 0.2) is 6.10 Å². The van der Waals surface area contributed by atoms with Gasteiger partial charge in [0.25, 0.3) is 0 Å². The minimum atomic E-state index is -0.585. The number of carbonyl (C=O) groups is 1. The molecule has 1 aliphatic heterocycles. The standard InChI is InChI=1S/C7H13NO4/c1-10-7(9)6-4-11-5(2-8)3-12-6/h5-6H,2-4,8H2,1H3/t5-,6-/m0/s1. The van der Waals surface area contributed by atoms with Gasteiger partial charge in [-0.25, -0.2) is 4.79 Å². The number of hydrogen-bond donors (Lipinski definition) is 1. The van der Waals surface area contributed by atoms with Crippen LogP contribution in [0.3, 0.4) is 0 Å². The fourth-order valence-corrected chi connectivity index (χ4v) is 0.947. The van der Waals surface area contributed by atoms with Gasteiger partial charge in [-0.3, -0.25) is 0 Å². The summed E-state index contributed by atoms with van der Waals surface area (Å²) in [6.07, 6.45) is -0.677. The molecule has 0 amide bonds. The van der Waals surface area contributed by atoms with Gasteiger partial charge in [0, 0.05) is 6.54 Å². The third-order valence-electron chi connectivity index (χ3n) is 1.69. The summed E-state index contributed by atoms with van der Waals surface area (Å²) in [5, 5.41) is 0. The van der Waals surface area contributed by atoms with Crippen LogP contribution in [0.5, 0.6) is 0 Å². The summed E-state index contributed by atoms with van der Waals surface area (Å²) >= 11 is 0. The van der Waals surface area contributed by atoms with E-state index in [2.05, 4.69) is 4.74 Å². The first-order valence-corrected chi connectivity index (χ1v) is 3.79. The van der Waals surface area contributed by atoms with Crippen LogP contribution in [0, 0.1) is 0 Å². The Morgan fingerprint density at radius 3 is 2.75 bits per heavy atom. The van der Waals surface area contributed by atoms with Crippen LogP contribution in [0.25, 0.3) is 0 Å². The van der Waals surface area contributed by atoms with Crippen molar-refractivity contribution in [2.24, 2.45) is 5.73 Å². The van der Waals surface area contributed by atoms with Gasteiger partial charge >= 0.3 is 5.97 Å². The Morgan fingerprint density at radius 1 is 1.58 bits per heavy atom. The molecule has 0 aliphatic carbocycles.